The molecular formula is C13H17Br2NO3. The molecule has 1 rings (SSSR count). The van der Waals surface area contributed by atoms with Crippen LogP contribution in [0, 0.1) is 0 Å². The number of rotatable bonds is 7. The van der Waals surface area contributed by atoms with Crippen molar-refractivity contribution in [3.05, 3.63) is 28.2 Å². The number of benzene rings is 1. The van der Waals surface area contributed by atoms with Gasteiger partial charge in [0.2, 0.25) is 0 Å². The summed E-state index contributed by atoms with van der Waals surface area (Å²) in [7, 11) is 3.24. The molecule has 0 aromatic heterocycles. The van der Waals surface area contributed by atoms with Gasteiger partial charge in [0.25, 0.3) is 5.91 Å². The van der Waals surface area contributed by atoms with Gasteiger partial charge in [0, 0.05) is 24.0 Å². The molecule has 1 amide bonds. The van der Waals surface area contributed by atoms with Crippen LogP contribution in [0.5, 0.6) is 5.75 Å². The molecule has 0 saturated heterocycles. The molecule has 106 valence electrons. The number of alkyl halides is 1. The second kappa shape index (κ2) is 8.55. The van der Waals surface area contributed by atoms with E-state index in [-0.39, 0.29) is 10.7 Å². The van der Waals surface area contributed by atoms with Crippen molar-refractivity contribution in [1.82, 2.24) is 5.32 Å². The minimum Gasteiger partial charge on any atom is -0.496 e. The Kier molecular flexibility index (Phi) is 7.41. The summed E-state index contributed by atoms with van der Waals surface area (Å²) in [5.74, 6) is 0.609. The van der Waals surface area contributed by atoms with Crippen molar-refractivity contribution in [1.29, 1.82) is 0 Å². The number of amides is 1. The molecule has 0 radical (unpaired) electrons. The zero-order valence-electron chi connectivity index (χ0n) is 10.9. The molecule has 0 fully saturated rings. The van der Waals surface area contributed by atoms with E-state index in [4.69, 9.17) is 9.47 Å². The Morgan fingerprint density at radius 1 is 1.42 bits per heavy atom. The number of methoxy groups -OCH3 is 2. The van der Waals surface area contributed by atoms with E-state index in [9.17, 15) is 4.79 Å². The van der Waals surface area contributed by atoms with Crippen molar-refractivity contribution < 1.29 is 14.3 Å². The van der Waals surface area contributed by atoms with Crippen LogP contribution in [0.1, 0.15) is 16.8 Å². The van der Waals surface area contributed by atoms with E-state index in [2.05, 4.69) is 37.2 Å². The van der Waals surface area contributed by atoms with Crippen LogP contribution in [0.3, 0.4) is 0 Å². The first-order chi connectivity index (χ1) is 9.08. The fraction of sp³-hybridized carbons (Fsp3) is 0.462. The largest absolute Gasteiger partial charge is 0.496 e. The molecule has 1 aromatic carbocycles. The van der Waals surface area contributed by atoms with Crippen LogP contribution in [0.2, 0.25) is 0 Å². The number of hydrogen-bond acceptors (Lipinski definition) is 3. The molecule has 19 heavy (non-hydrogen) atoms. The highest BCUT2D eigenvalue weighted by atomic mass is 79.9. The molecule has 1 N–H and O–H groups in total. The number of nitrogens with one attached hydrogen (secondary N) is 1. The summed E-state index contributed by atoms with van der Waals surface area (Å²) in [5.41, 5.74) is 0.602. The third kappa shape index (κ3) is 5.50. The molecule has 1 atom stereocenters. The Bertz CT molecular complexity index is 426. The fourth-order valence-corrected chi connectivity index (χ4v) is 2.55. The smallest absolute Gasteiger partial charge is 0.251 e. The average Bonchev–Trinajstić information content (AvgIpc) is 2.38. The number of ether oxygens (including phenoxy) is 2. The van der Waals surface area contributed by atoms with Crippen molar-refractivity contribution in [3.8, 4) is 5.75 Å². The molecule has 1 aromatic rings. The van der Waals surface area contributed by atoms with Crippen LogP contribution in [-0.4, -0.2) is 38.1 Å². The summed E-state index contributed by atoms with van der Waals surface area (Å²) in [5, 5.41) is 2.87. The first-order valence-corrected chi connectivity index (χ1v) is 7.54. The third-order valence-electron chi connectivity index (χ3n) is 2.50. The Hall–Kier alpha value is -0.590. The maximum atomic E-state index is 11.9. The van der Waals surface area contributed by atoms with E-state index in [0.29, 0.717) is 24.5 Å². The maximum Gasteiger partial charge on any atom is 0.251 e. The lowest BCUT2D eigenvalue weighted by Gasteiger charge is -2.10. The molecule has 1 unspecified atom stereocenters. The molecule has 0 aliphatic heterocycles. The molecular weight excluding hydrogens is 378 g/mol. The molecule has 0 saturated carbocycles. The van der Waals surface area contributed by atoms with Crippen molar-refractivity contribution in [3.63, 3.8) is 0 Å². The highest BCUT2D eigenvalue weighted by Gasteiger charge is 2.09. The Labute approximate surface area is 130 Å². The summed E-state index contributed by atoms with van der Waals surface area (Å²) in [6.07, 6.45) is 0.816. The van der Waals surface area contributed by atoms with Crippen LogP contribution in [0.15, 0.2) is 22.7 Å². The van der Waals surface area contributed by atoms with Crippen LogP contribution in [0.4, 0.5) is 0 Å². The summed E-state index contributed by atoms with van der Waals surface area (Å²) in [6, 6.07) is 5.24. The number of halogens is 2. The van der Waals surface area contributed by atoms with Gasteiger partial charge in [0.05, 0.1) is 18.2 Å². The number of carbonyl (C=O) groups is 1. The van der Waals surface area contributed by atoms with E-state index >= 15 is 0 Å². The van der Waals surface area contributed by atoms with E-state index < -0.39 is 0 Å². The van der Waals surface area contributed by atoms with Crippen LogP contribution in [-0.2, 0) is 4.74 Å². The summed E-state index contributed by atoms with van der Waals surface area (Å²) in [4.78, 5) is 12.2. The molecule has 4 nitrogen and oxygen atoms in total. The topological polar surface area (TPSA) is 47.6 Å². The van der Waals surface area contributed by atoms with Gasteiger partial charge in [-0.15, -0.1) is 0 Å². The quantitative estimate of drug-likeness (QED) is 0.723. The number of hydrogen-bond donors (Lipinski definition) is 1. The van der Waals surface area contributed by atoms with Gasteiger partial charge >= 0.3 is 0 Å². The van der Waals surface area contributed by atoms with E-state index in [1.807, 2.05) is 0 Å². The first kappa shape index (κ1) is 16.5. The van der Waals surface area contributed by atoms with Crippen LogP contribution < -0.4 is 10.1 Å². The second-order valence-electron chi connectivity index (χ2n) is 3.95. The monoisotopic (exact) mass is 393 g/mol. The Morgan fingerprint density at radius 2 is 2.16 bits per heavy atom. The minimum absolute atomic E-state index is 0.0968. The predicted octanol–water partition coefficient (Wildman–Crippen LogP) is 2.99. The van der Waals surface area contributed by atoms with Gasteiger partial charge in [-0.2, -0.15) is 0 Å². The molecule has 0 aliphatic rings. The lowest BCUT2D eigenvalue weighted by atomic mass is 10.2. The van der Waals surface area contributed by atoms with Crippen LogP contribution >= 0.6 is 31.9 Å². The first-order valence-electron chi connectivity index (χ1n) is 5.83. The summed E-state index contributed by atoms with van der Waals surface area (Å²) in [6.45, 7) is 1.23. The highest BCUT2D eigenvalue weighted by molar-refractivity contribution is 9.10. The standard InChI is InChI=1S/C13H17Br2NO3/c1-18-8-10(14)5-6-16-13(17)9-3-4-12(19-2)11(15)7-9/h3-4,7,10H,5-6,8H2,1-2H3,(H,16,17). The van der Waals surface area contributed by atoms with Gasteiger partial charge in [-0.05, 0) is 40.5 Å². The van der Waals surface area contributed by atoms with E-state index in [0.717, 1.165) is 10.9 Å². The van der Waals surface area contributed by atoms with Gasteiger partial charge in [0.15, 0.2) is 0 Å². The minimum atomic E-state index is -0.0968. The maximum absolute atomic E-state index is 11.9. The Morgan fingerprint density at radius 3 is 2.74 bits per heavy atom. The lowest BCUT2D eigenvalue weighted by Crippen LogP contribution is -2.26. The van der Waals surface area contributed by atoms with Crippen molar-refractivity contribution in [2.75, 3.05) is 27.4 Å². The normalized spacial score (nSPS) is 12.0. The van der Waals surface area contributed by atoms with Crippen molar-refractivity contribution in [2.24, 2.45) is 0 Å². The molecule has 0 spiro atoms. The second-order valence-corrected chi connectivity index (χ2v) is 6.10. The highest BCUT2D eigenvalue weighted by Crippen LogP contribution is 2.25. The lowest BCUT2D eigenvalue weighted by molar-refractivity contribution is 0.0952. The zero-order chi connectivity index (χ0) is 14.3. The predicted molar refractivity (Wildman–Crippen MR) is 82.2 cm³/mol. The average molecular weight is 395 g/mol. The van der Waals surface area contributed by atoms with E-state index in [1.54, 1.807) is 32.4 Å². The fourth-order valence-electron chi connectivity index (χ4n) is 1.52. The van der Waals surface area contributed by atoms with E-state index in [1.165, 1.54) is 0 Å². The zero-order valence-corrected chi connectivity index (χ0v) is 14.1. The molecule has 0 heterocycles. The van der Waals surface area contributed by atoms with Crippen LogP contribution in [0.25, 0.3) is 0 Å². The third-order valence-corrected chi connectivity index (χ3v) is 3.85. The summed E-state index contributed by atoms with van der Waals surface area (Å²) >= 11 is 6.83. The van der Waals surface area contributed by atoms with Gasteiger partial charge in [-0.1, -0.05) is 15.9 Å². The molecule has 0 bridgehead atoms. The molecule has 6 heteroatoms. The Balaban J connectivity index is 2.47. The SMILES string of the molecule is COCC(Br)CCNC(=O)c1ccc(OC)c(Br)c1. The van der Waals surface area contributed by atoms with Gasteiger partial charge in [-0.25, -0.2) is 0 Å². The van der Waals surface area contributed by atoms with Gasteiger partial charge in [-0.3, -0.25) is 4.79 Å². The molecule has 0 aliphatic carbocycles. The number of carbonyl (C=O) groups excluding carboxylic acids is 1. The van der Waals surface area contributed by atoms with Crippen molar-refractivity contribution >= 4 is 37.8 Å². The van der Waals surface area contributed by atoms with Gasteiger partial charge < -0.3 is 14.8 Å². The van der Waals surface area contributed by atoms with Crippen molar-refractivity contribution in [2.45, 2.75) is 11.2 Å². The summed E-state index contributed by atoms with van der Waals surface area (Å²) < 4.78 is 10.9. The van der Waals surface area contributed by atoms with Gasteiger partial charge in [0.1, 0.15) is 5.75 Å².